The summed E-state index contributed by atoms with van der Waals surface area (Å²) in [6.07, 6.45) is 2.70. The number of halogens is 1. The van der Waals surface area contributed by atoms with Crippen LogP contribution in [0.4, 0.5) is 11.5 Å². The van der Waals surface area contributed by atoms with Gasteiger partial charge in [0.15, 0.2) is 11.3 Å². The van der Waals surface area contributed by atoms with Gasteiger partial charge in [0, 0.05) is 33.1 Å². The van der Waals surface area contributed by atoms with Crippen molar-refractivity contribution in [2.45, 2.75) is 39.2 Å². The summed E-state index contributed by atoms with van der Waals surface area (Å²) in [7, 11) is 3.40. The van der Waals surface area contributed by atoms with Crippen molar-refractivity contribution >= 4 is 34.1 Å². The normalized spacial score (nSPS) is 14.5. The first-order valence-corrected chi connectivity index (χ1v) is 10.7. The Bertz CT molecular complexity index is 1050. The van der Waals surface area contributed by atoms with Crippen LogP contribution < -0.4 is 4.90 Å². The van der Waals surface area contributed by atoms with Gasteiger partial charge in [-0.1, -0.05) is 29.8 Å². The summed E-state index contributed by atoms with van der Waals surface area (Å²) in [6, 6.07) is 6.38. The number of ether oxygens (including phenoxy) is 2. The fourth-order valence-electron chi connectivity index (χ4n) is 4.20. The zero-order valence-electron chi connectivity index (χ0n) is 18.0. The first-order chi connectivity index (χ1) is 14.6. The van der Waals surface area contributed by atoms with Crippen molar-refractivity contribution in [3.63, 3.8) is 0 Å². The Morgan fingerprint density at radius 2 is 2.03 bits per heavy atom. The van der Waals surface area contributed by atoms with Gasteiger partial charge in [-0.3, -0.25) is 0 Å². The molecule has 7 nitrogen and oxygen atoms in total. The Morgan fingerprint density at radius 1 is 1.20 bits per heavy atom. The molecule has 0 fully saturated rings. The van der Waals surface area contributed by atoms with Gasteiger partial charge in [-0.05, 0) is 49.4 Å². The van der Waals surface area contributed by atoms with E-state index in [4.69, 9.17) is 26.1 Å². The molecule has 1 aliphatic heterocycles. The third-order valence-electron chi connectivity index (χ3n) is 5.67. The number of nitrogens with zero attached hydrogens (tertiary/aromatic N) is 5. The largest absolute Gasteiger partial charge is 0.385 e. The van der Waals surface area contributed by atoms with Crippen molar-refractivity contribution in [1.82, 2.24) is 20.0 Å². The van der Waals surface area contributed by atoms with Crippen LogP contribution in [-0.4, -0.2) is 54.0 Å². The molecule has 8 heteroatoms. The van der Waals surface area contributed by atoms with Crippen LogP contribution in [0.3, 0.4) is 0 Å². The third kappa shape index (κ3) is 3.77. The van der Waals surface area contributed by atoms with E-state index in [-0.39, 0.29) is 6.04 Å². The summed E-state index contributed by atoms with van der Waals surface area (Å²) in [4.78, 5) is 7.03. The van der Waals surface area contributed by atoms with Gasteiger partial charge in [0.1, 0.15) is 0 Å². The molecule has 3 heterocycles. The van der Waals surface area contributed by atoms with Crippen molar-refractivity contribution < 1.29 is 9.47 Å². The van der Waals surface area contributed by atoms with Crippen LogP contribution in [0.15, 0.2) is 18.2 Å². The van der Waals surface area contributed by atoms with Crippen molar-refractivity contribution in [3.05, 3.63) is 40.0 Å². The number of rotatable bonds is 8. The molecule has 1 aliphatic rings. The van der Waals surface area contributed by atoms with E-state index in [2.05, 4.69) is 34.3 Å². The van der Waals surface area contributed by atoms with Crippen molar-refractivity contribution in [3.8, 4) is 0 Å². The Kier molecular flexibility index (Phi) is 6.22. The minimum atomic E-state index is 0.0381. The summed E-state index contributed by atoms with van der Waals surface area (Å²) in [5.41, 5.74) is 6.21. The van der Waals surface area contributed by atoms with E-state index in [1.165, 1.54) is 11.1 Å². The number of fused-ring (bicyclic) bond motifs is 2. The first kappa shape index (κ1) is 21.0. The molecule has 0 saturated heterocycles. The monoisotopic (exact) mass is 429 g/mol. The smallest absolute Gasteiger partial charge is 0.163 e. The molecule has 0 unspecified atom stereocenters. The molecule has 0 aliphatic carbocycles. The molecule has 1 aromatic carbocycles. The molecule has 3 aromatic rings. The molecular weight excluding hydrogens is 402 g/mol. The van der Waals surface area contributed by atoms with Gasteiger partial charge in [-0.2, -0.15) is 0 Å². The Labute approximate surface area is 181 Å². The van der Waals surface area contributed by atoms with Crippen LogP contribution >= 0.6 is 11.6 Å². The number of aryl methyl sites for hydroxylation is 2. The number of hydrogen-bond acceptors (Lipinski definition) is 6. The topological polar surface area (TPSA) is 65.3 Å². The van der Waals surface area contributed by atoms with Crippen molar-refractivity contribution in [1.29, 1.82) is 0 Å². The summed E-state index contributed by atoms with van der Waals surface area (Å²) >= 11 is 6.70. The van der Waals surface area contributed by atoms with E-state index in [1.54, 1.807) is 14.2 Å². The van der Waals surface area contributed by atoms with E-state index in [9.17, 15) is 0 Å². The van der Waals surface area contributed by atoms with Crippen LogP contribution in [0.25, 0.3) is 11.0 Å². The number of methoxy groups -OCH3 is 2. The molecule has 0 saturated carbocycles. The maximum absolute atomic E-state index is 6.70. The van der Waals surface area contributed by atoms with Crippen LogP contribution in [0.1, 0.15) is 36.2 Å². The van der Waals surface area contributed by atoms with Gasteiger partial charge < -0.3 is 14.4 Å². The molecule has 0 amide bonds. The summed E-state index contributed by atoms with van der Waals surface area (Å²) in [5, 5.41) is 9.77. The summed E-state index contributed by atoms with van der Waals surface area (Å²) in [6.45, 7) is 6.14. The van der Waals surface area contributed by atoms with E-state index in [0.29, 0.717) is 13.2 Å². The standard InChI is InChI=1S/C22H28ClN5O2/c1-5-15-11-16-6-8-27(21(16)18(23)12-15)22-20-19(10-14(2)24-22)28(26-25-20)17(13-30-4)7-9-29-3/h10-12,17H,5-9,13H2,1-4H3/t17-/m1/s1. The molecule has 160 valence electrons. The van der Waals surface area contributed by atoms with Crippen LogP contribution in [0, 0.1) is 6.92 Å². The highest BCUT2D eigenvalue weighted by Gasteiger charge is 2.28. The molecule has 2 aromatic heterocycles. The number of pyridine rings is 1. The molecule has 1 atom stereocenters. The molecule has 0 bridgehead atoms. The van der Waals surface area contributed by atoms with Crippen LogP contribution in [0.5, 0.6) is 0 Å². The molecule has 30 heavy (non-hydrogen) atoms. The highest BCUT2D eigenvalue weighted by Crippen LogP contribution is 2.42. The van der Waals surface area contributed by atoms with E-state index < -0.39 is 0 Å². The van der Waals surface area contributed by atoms with E-state index >= 15 is 0 Å². The lowest BCUT2D eigenvalue weighted by Crippen LogP contribution is -2.19. The highest BCUT2D eigenvalue weighted by atomic mass is 35.5. The average Bonchev–Trinajstić information content (AvgIpc) is 3.35. The van der Waals surface area contributed by atoms with Crippen LogP contribution in [0.2, 0.25) is 5.02 Å². The number of anilines is 2. The maximum Gasteiger partial charge on any atom is 0.163 e. The third-order valence-corrected chi connectivity index (χ3v) is 5.96. The molecule has 4 rings (SSSR count). The highest BCUT2D eigenvalue weighted by molar-refractivity contribution is 6.33. The van der Waals surface area contributed by atoms with Gasteiger partial charge in [-0.15, -0.1) is 5.10 Å². The minimum absolute atomic E-state index is 0.0381. The average molecular weight is 430 g/mol. The summed E-state index contributed by atoms with van der Waals surface area (Å²) < 4.78 is 12.6. The Balaban J connectivity index is 1.80. The lowest BCUT2D eigenvalue weighted by atomic mass is 10.1. The Hall–Kier alpha value is -2.22. The van der Waals surface area contributed by atoms with Gasteiger partial charge in [-0.25, -0.2) is 9.67 Å². The van der Waals surface area contributed by atoms with E-state index in [0.717, 1.165) is 59.1 Å². The van der Waals surface area contributed by atoms with Crippen molar-refractivity contribution in [2.24, 2.45) is 0 Å². The zero-order valence-corrected chi connectivity index (χ0v) is 18.7. The summed E-state index contributed by atoms with van der Waals surface area (Å²) in [5.74, 6) is 0.809. The zero-order chi connectivity index (χ0) is 21.3. The second-order valence-corrected chi connectivity index (χ2v) is 8.13. The second-order valence-electron chi connectivity index (χ2n) is 7.72. The minimum Gasteiger partial charge on any atom is -0.385 e. The molecule has 0 spiro atoms. The maximum atomic E-state index is 6.70. The lowest BCUT2D eigenvalue weighted by molar-refractivity contribution is 0.117. The van der Waals surface area contributed by atoms with E-state index in [1.807, 2.05) is 17.7 Å². The van der Waals surface area contributed by atoms with Gasteiger partial charge in [0.25, 0.3) is 0 Å². The van der Waals surface area contributed by atoms with Crippen LogP contribution in [-0.2, 0) is 22.3 Å². The number of aromatic nitrogens is 4. The lowest BCUT2D eigenvalue weighted by Gasteiger charge is -2.21. The molecular formula is C22H28ClN5O2. The van der Waals surface area contributed by atoms with Crippen molar-refractivity contribution in [2.75, 3.05) is 38.9 Å². The second kappa shape index (κ2) is 8.88. The Morgan fingerprint density at radius 3 is 2.77 bits per heavy atom. The SMILES string of the molecule is CCc1cc(Cl)c2c(c1)CCN2c1nc(C)cc2c1nnn2[C@H](CCOC)COC. The molecule has 0 N–H and O–H groups in total. The number of hydrogen-bond donors (Lipinski definition) is 0. The number of benzene rings is 1. The van der Waals surface area contributed by atoms with Gasteiger partial charge >= 0.3 is 0 Å². The predicted molar refractivity (Wildman–Crippen MR) is 119 cm³/mol. The fraction of sp³-hybridized carbons (Fsp3) is 0.500. The fourth-order valence-corrected chi connectivity index (χ4v) is 4.56. The molecule has 0 radical (unpaired) electrons. The predicted octanol–water partition coefficient (Wildman–Crippen LogP) is 4.27. The van der Waals surface area contributed by atoms with Gasteiger partial charge in [0.2, 0.25) is 0 Å². The first-order valence-electron chi connectivity index (χ1n) is 10.4. The van der Waals surface area contributed by atoms with Gasteiger partial charge in [0.05, 0.1) is 28.9 Å². The quantitative estimate of drug-likeness (QED) is 0.532.